The largest absolute Gasteiger partial charge is 0.350 e. The number of hydrogen-bond donors (Lipinski definition) is 1. The van der Waals surface area contributed by atoms with E-state index in [0.717, 1.165) is 13.0 Å². The highest BCUT2D eigenvalue weighted by atomic mass is 16.2. The Hall–Kier alpha value is -1.87. The lowest BCUT2D eigenvalue weighted by molar-refractivity contribution is -0.123. The molecule has 0 saturated carbocycles. The van der Waals surface area contributed by atoms with Crippen LogP contribution in [-0.4, -0.2) is 29.9 Å². The molecule has 1 N–H and O–H groups in total. The quantitative estimate of drug-likeness (QED) is 0.884. The first-order valence-corrected chi connectivity index (χ1v) is 7.87. The zero-order valence-electron chi connectivity index (χ0n) is 14.0. The maximum absolute atomic E-state index is 12.1. The normalized spacial score (nSPS) is 11.9. The Morgan fingerprint density at radius 1 is 1.14 bits per heavy atom. The number of amides is 1. The van der Waals surface area contributed by atoms with Crippen LogP contribution in [0.15, 0.2) is 42.5 Å². The fourth-order valence-corrected chi connectivity index (χ4v) is 2.46. The summed E-state index contributed by atoms with van der Waals surface area (Å²) in [5, 5.41) is 5.56. The van der Waals surface area contributed by atoms with E-state index in [2.05, 4.69) is 48.6 Å². The first kappa shape index (κ1) is 16.5. The van der Waals surface area contributed by atoms with Crippen LogP contribution in [0.5, 0.6) is 0 Å². The second-order valence-electron chi connectivity index (χ2n) is 6.64. The van der Waals surface area contributed by atoms with Crippen LogP contribution in [0.4, 0.5) is 0 Å². The summed E-state index contributed by atoms with van der Waals surface area (Å²) in [5.74, 6) is 0.0788. The SMILES string of the molecule is CCC(C)(C)NC(=O)CN(C)Cc1ccc2ccccc2c1. The number of benzene rings is 2. The van der Waals surface area contributed by atoms with E-state index in [9.17, 15) is 4.79 Å². The summed E-state index contributed by atoms with van der Waals surface area (Å²) >= 11 is 0. The molecule has 0 aliphatic rings. The van der Waals surface area contributed by atoms with Crippen LogP contribution >= 0.6 is 0 Å². The van der Waals surface area contributed by atoms with Gasteiger partial charge in [-0.25, -0.2) is 0 Å². The van der Waals surface area contributed by atoms with E-state index in [1.807, 2.05) is 31.9 Å². The first-order valence-electron chi connectivity index (χ1n) is 7.87. The summed E-state index contributed by atoms with van der Waals surface area (Å²) in [4.78, 5) is 14.1. The molecule has 0 unspecified atom stereocenters. The lowest BCUT2D eigenvalue weighted by atomic mass is 10.0. The van der Waals surface area contributed by atoms with Gasteiger partial charge in [0.2, 0.25) is 5.91 Å². The van der Waals surface area contributed by atoms with Crippen molar-refractivity contribution in [3.8, 4) is 0 Å². The van der Waals surface area contributed by atoms with Crippen LogP contribution in [0.2, 0.25) is 0 Å². The van der Waals surface area contributed by atoms with Crippen LogP contribution < -0.4 is 5.32 Å². The summed E-state index contributed by atoms with van der Waals surface area (Å²) in [5.41, 5.74) is 1.09. The van der Waals surface area contributed by atoms with Gasteiger partial charge in [0.1, 0.15) is 0 Å². The van der Waals surface area contributed by atoms with Crippen LogP contribution in [0.3, 0.4) is 0 Å². The van der Waals surface area contributed by atoms with Crippen molar-refractivity contribution in [3.05, 3.63) is 48.0 Å². The molecule has 0 aliphatic carbocycles. The molecular formula is C19H26N2O. The van der Waals surface area contributed by atoms with Gasteiger partial charge in [0.15, 0.2) is 0 Å². The van der Waals surface area contributed by atoms with E-state index >= 15 is 0 Å². The summed E-state index contributed by atoms with van der Waals surface area (Å²) in [7, 11) is 1.98. The van der Waals surface area contributed by atoms with Crippen molar-refractivity contribution in [1.82, 2.24) is 10.2 Å². The molecular weight excluding hydrogens is 272 g/mol. The fourth-order valence-electron chi connectivity index (χ4n) is 2.46. The monoisotopic (exact) mass is 298 g/mol. The topological polar surface area (TPSA) is 32.3 Å². The van der Waals surface area contributed by atoms with E-state index in [1.165, 1.54) is 16.3 Å². The van der Waals surface area contributed by atoms with Crippen LogP contribution in [0, 0.1) is 0 Å². The average molecular weight is 298 g/mol. The summed E-state index contributed by atoms with van der Waals surface area (Å²) in [6.45, 7) is 7.36. The molecule has 0 aromatic heterocycles. The van der Waals surface area contributed by atoms with Crippen molar-refractivity contribution in [3.63, 3.8) is 0 Å². The molecule has 2 aromatic rings. The summed E-state index contributed by atoms with van der Waals surface area (Å²) < 4.78 is 0. The lowest BCUT2D eigenvalue weighted by Gasteiger charge is -2.26. The van der Waals surface area contributed by atoms with E-state index in [4.69, 9.17) is 0 Å². The van der Waals surface area contributed by atoms with Crippen molar-refractivity contribution in [2.75, 3.05) is 13.6 Å². The summed E-state index contributed by atoms with van der Waals surface area (Å²) in [6, 6.07) is 14.8. The fraction of sp³-hybridized carbons (Fsp3) is 0.421. The number of rotatable bonds is 6. The van der Waals surface area contributed by atoms with E-state index in [-0.39, 0.29) is 11.4 Å². The van der Waals surface area contributed by atoms with Gasteiger partial charge in [-0.15, -0.1) is 0 Å². The third kappa shape index (κ3) is 4.57. The van der Waals surface area contributed by atoms with Gasteiger partial charge in [0.25, 0.3) is 0 Å². The number of likely N-dealkylation sites (N-methyl/N-ethyl adjacent to an activating group) is 1. The predicted molar refractivity (Wildman–Crippen MR) is 92.8 cm³/mol. The molecule has 0 saturated heterocycles. The molecule has 3 nitrogen and oxygen atoms in total. The summed E-state index contributed by atoms with van der Waals surface area (Å²) in [6.07, 6.45) is 0.924. The number of carbonyl (C=O) groups is 1. The Balaban J connectivity index is 1.95. The van der Waals surface area contributed by atoms with Gasteiger partial charge in [-0.2, -0.15) is 0 Å². The minimum atomic E-state index is -0.138. The van der Waals surface area contributed by atoms with Crippen molar-refractivity contribution < 1.29 is 4.79 Å². The highest BCUT2D eigenvalue weighted by molar-refractivity contribution is 5.83. The standard InChI is InChI=1S/C19H26N2O/c1-5-19(2,3)20-18(22)14-21(4)13-15-10-11-16-8-6-7-9-17(16)12-15/h6-12H,5,13-14H2,1-4H3,(H,20,22). The Morgan fingerprint density at radius 2 is 1.82 bits per heavy atom. The van der Waals surface area contributed by atoms with Crippen LogP contribution in [-0.2, 0) is 11.3 Å². The Kier molecular flexibility index (Phi) is 5.19. The third-order valence-electron chi connectivity index (χ3n) is 4.04. The van der Waals surface area contributed by atoms with Crippen molar-refractivity contribution in [1.29, 1.82) is 0 Å². The van der Waals surface area contributed by atoms with Crippen molar-refractivity contribution in [2.24, 2.45) is 0 Å². The Morgan fingerprint density at radius 3 is 2.50 bits per heavy atom. The minimum Gasteiger partial charge on any atom is -0.350 e. The van der Waals surface area contributed by atoms with Gasteiger partial charge in [0, 0.05) is 12.1 Å². The molecule has 22 heavy (non-hydrogen) atoms. The van der Waals surface area contributed by atoms with Gasteiger partial charge in [-0.1, -0.05) is 43.3 Å². The molecule has 0 aliphatic heterocycles. The number of hydrogen-bond acceptors (Lipinski definition) is 2. The van der Waals surface area contributed by atoms with Crippen LogP contribution in [0.1, 0.15) is 32.8 Å². The zero-order chi connectivity index (χ0) is 16.2. The molecule has 118 valence electrons. The third-order valence-corrected chi connectivity index (χ3v) is 4.04. The Labute approximate surface area is 133 Å². The highest BCUT2D eigenvalue weighted by Crippen LogP contribution is 2.16. The first-order chi connectivity index (χ1) is 10.4. The molecule has 0 radical (unpaired) electrons. The number of carbonyl (C=O) groups excluding carboxylic acids is 1. The number of nitrogens with one attached hydrogen (secondary N) is 1. The molecule has 0 heterocycles. The molecule has 0 fully saturated rings. The van der Waals surface area contributed by atoms with E-state index < -0.39 is 0 Å². The van der Waals surface area contributed by atoms with E-state index in [0.29, 0.717) is 6.54 Å². The second kappa shape index (κ2) is 6.93. The predicted octanol–water partition coefficient (Wildman–Crippen LogP) is 3.58. The van der Waals surface area contributed by atoms with Gasteiger partial charge >= 0.3 is 0 Å². The molecule has 2 rings (SSSR count). The molecule has 0 spiro atoms. The minimum absolute atomic E-state index is 0.0788. The second-order valence-corrected chi connectivity index (χ2v) is 6.64. The number of fused-ring (bicyclic) bond motifs is 1. The molecule has 1 amide bonds. The van der Waals surface area contributed by atoms with Crippen molar-refractivity contribution >= 4 is 16.7 Å². The van der Waals surface area contributed by atoms with Gasteiger partial charge < -0.3 is 5.32 Å². The van der Waals surface area contributed by atoms with Crippen molar-refractivity contribution in [2.45, 2.75) is 39.3 Å². The maximum Gasteiger partial charge on any atom is 0.234 e. The number of nitrogens with zero attached hydrogens (tertiary/aromatic N) is 1. The molecule has 0 atom stereocenters. The molecule has 3 heteroatoms. The Bertz CT molecular complexity index is 649. The van der Waals surface area contributed by atoms with Gasteiger partial charge in [-0.05, 0) is 49.7 Å². The maximum atomic E-state index is 12.1. The zero-order valence-corrected chi connectivity index (χ0v) is 14.0. The lowest BCUT2D eigenvalue weighted by Crippen LogP contribution is -2.46. The molecule has 2 aromatic carbocycles. The smallest absolute Gasteiger partial charge is 0.234 e. The average Bonchev–Trinajstić information content (AvgIpc) is 2.46. The van der Waals surface area contributed by atoms with Crippen LogP contribution in [0.25, 0.3) is 10.8 Å². The van der Waals surface area contributed by atoms with Gasteiger partial charge in [0.05, 0.1) is 6.54 Å². The molecule has 0 bridgehead atoms. The van der Waals surface area contributed by atoms with E-state index in [1.54, 1.807) is 0 Å². The van der Waals surface area contributed by atoms with Gasteiger partial charge in [-0.3, -0.25) is 9.69 Å². The highest BCUT2D eigenvalue weighted by Gasteiger charge is 2.18.